The first-order chi connectivity index (χ1) is 11.6. The fourth-order valence-corrected chi connectivity index (χ4v) is 3.38. The molecule has 1 saturated heterocycles. The van der Waals surface area contributed by atoms with Crippen LogP contribution in [-0.4, -0.2) is 30.4 Å². The van der Waals surface area contributed by atoms with Crippen molar-refractivity contribution in [1.29, 1.82) is 0 Å². The maximum Gasteiger partial charge on any atom is 0.221 e. The molecule has 2 aromatic carbocycles. The number of amides is 1. The number of carbonyl (C=O) groups excluding carboxylic acids is 1. The Bertz CT molecular complexity index is 706. The van der Waals surface area contributed by atoms with E-state index in [0.717, 1.165) is 36.9 Å². The number of carbonyl (C=O) groups is 1. The molecular weight excluding hydrogens is 357 g/mol. The first kappa shape index (κ1) is 19.7. The highest BCUT2D eigenvalue weighted by Crippen LogP contribution is 2.29. The van der Waals surface area contributed by atoms with Crippen LogP contribution in [-0.2, 0) is 11.3 Å². The number of anilines is 1. The third kappa shape index (κ3) is 5.19. The molecule has 1 aliphatic rings. The average molecular weight is 380 g/mol. The minimum Gasteiger partial charge on any atom is -0.326 e. The van der Waals surface area contributed by atoms with Crippen LogP contribution in [0, 0.1) is 0 Å². The van der Waals surface area contributed by atoms with Crippen LogP contribution in [0.25, 0.3) is 0 Å². The molecule has 0 spiro atoms. The maximum absolute atomic E-state index is 11.1. The standard InChI is InChI=1S/C19H22ClN3O.ClH/c1-14(24)22-16-8-6-15(7-9-16)13-23-11-10-21-12-19(23)17-4-2-3-5-18(17)20;/h2-9,19,21H,10-13H2,1H3,(H,22,24);1H. The van der Waals surface area contributed by atoms with Crippen molar-refractivity contribution in [3.8, 4) is 0 Å². The van der Waals surface area contributed by atoms with E-state index in [1.165, 1.54) is 18.1 Å². The molecule has 0 aromatic heterocycles. The summed E-state index contributed by atoms with van der Waals surface area (Å²) in [6.45, 7) is 5.22. The van der Waals surface area contributed by atoms with Crippen molar-refractivity contribution >= 4 is 35.6 Å². The summed E-state index contributed by atoms with van der Waals surface area (Å²) < 4.78 is 0. The lowest BCUT2D eigenvalue weighted by molar-refractivity contribution is -0.114. The predicted octanol–water partition coefficient (Wildman–Crippen LogP) is 3.87. The summed E-state index contributed by atoms with van der Waals surface area (Å²) in [7, 11) is 0. The Morgan fingerprint density at radius 1 is 1.24 bits per heavy atom. The summed E-state index contributed by atoms with van der Waals surface area (Å²) in [5.74, 6) is -0.0522. The normalized spacial score (nSPS) is 17.6. The van der Waals surface area contributed by atoms with Gasteiger partial charge in [-0.2, -0.15) is 0 Å². The van der Waals surface area contributed by atoms with Gasteiger partial charge in [-0.3, -0.25) is 9.69 Å². The lowest BCUT2D eigenvalue weighted by Gasteiger charge is -2.37. The van der Waals surface area contributed by atoms with Gasteiger partial charge >= 0.3 is 0 Å². The summed E-state index contributed by atoms with van der Waals surface area (Å²) in [5.41, 5.74) is 3.22. The number of hydrogen-bond donors (Lipinski definition) is 2. The van der Waals surface area contributed by atoms with Gasteiger partial charge in [-0.15, -0.1) is 12.4 Å². The third-order valence-electron chi connectivity index (χ3n) is 4.28. The van der Waals surface area contributed by atoms with Crippen LogP contribution in [0.1, 0.15) is 24.1 Å². The Balaban J connectivity index is 0.00000225. The molecule has 25 heavy (non-hydrogen) atoms. The van der Waals surface area contributed by atoms with Crippen LogP contribution < -0.4 is 10.6 Å². The molecule has 1 aliphatic heterocycles. The van der Waals surface area contributed by atoms with Crippen molar-refractivity contribution < 1.29 is 4.79 Å². The van der Waals surface area contributed by atoms with E-state index in [9.17, 15) is 4.79 Å². The molecule has 1 heterocycles. The van der Waals surface area contributed by atoms with Crippen molar-refractivity contribution in [2.45, 2.75) is 19.5 Å². The predicted molar refractivity (Wildman–Crippen MR) is 105 cm³/mol. The molecule has 0 aliphatic carbocycles. The molecule has 6 heteroatoms. The first-order valence-electron chi connectivity index (χ1n) is 8.19. The Morgan fingerprint density at radius 3 is 2.64 bits per heavy atom. The summed E-state index contributed by atoms with van der Waals surface area (Å²) >= 11 is 6.40. The lowest BCUT2D eigenvalue weighted by Crippen LogP contribution is -2.45. The summed E-state index contributed by atoms with van der Waals surface area (Å²) in [6.07, 6.45) is 0. The zero-order valence-electron chi connectivity index (χ0n) is 14.2. The topological polar surface area (TPSA) is 44.4 Å². The van der Waals surface area contributed by atoms with E-state index in [1.807, 2.05) is 30.3 Å². The largest absolute Gasteiger partial charge is 0.326 e. The van der Waals surface area contributed by atoms with Gasteiger partial charge < -0.3 is 10.6 Å². The number of nitrogens with one attached hydrogen (secondary N) is 2. The van der Waals surface area contributed by atoms with Crippen LogP contribution in [0.3, 0.4) is 0 Å². The number of nitrogens with zero attached hydrogens (tertiary/aromatic N) is 1. The first-order valence-corrected chi connectivity index (χ1v) is 8.57. The molecule has 1 atom stereocenters. The zero-order valence-corrected chi connectivity index (χ0v) is 15.7. The number of rotatable bonds is 4. The summed E-state index contributed by atoms with van der Waals surface area (Å²) in [4.78, 5) is 13.6. The van der Waals surface area contributed by atoms with E-state index in [0.29, 0.717) is 0 Å². The van der Waals surface area contributed by atoms with Crippen LogP contribution >= 0.6 is 24.0 Å². The van der Waals surface area contributed by atoms with E-state index in [2.05, 4.69) is 33.7 Å². The number of halogens is 2. The molecule has 0 bridgehead atoms. The van der Waals surface area contributed by atoms with Gasteiger partial charge in [0.15, 0.2) is 0 Å². The quantitative estimate of drug-likeness (QED) is 0.847. The van der Waals surface area contributed by atoms with Gasteiger partial charge in [0, 0.05) is 49.9 Å². The highest BCUT2D eigenvalue weighted by atomic mass is 35.5. The van der Waals surface area contributed by atoms with Gasteiger partial charge in [0.05, 0.1) is 0 Å². The average Bonchev–Trinajstić information content (AvgIpc) is 2.57. The zero-order chi connectivity index (χ0) is 16.9. The van der Waals surface area contributed by atoms with Crippen molar-refractivity contribution in [2.75, 3.05) is 25.0 Å². The van der Waals surface area contributed by atoms with Crippen LogP contribution in [0.15, 0.2) is 48.5 Å². The molecule has 1 unspecified atom stereocenters. The number of hydrogen-bond acceptors (Lipinski definition) is 3. The molecule has 1 amide bonds. The van der Waals surface area contributed by atoms with Crippen molar-refractivity contribution in [2.24, 2.45) is 0 Å². The highest BCUT2D eigenvalue weighted by Gasteiger charge is 2.25. The van der Waals surface area contributed by atoms with Gasteiger partial charge in [-0.05, 0) is 29.3 Å². The Hall–Kier alpha value is -1.59. The van der Waals surface area contributed by atoms with Crippen molar-refractivity contribution in [1.82, 2.24) is 10.2 Å². The molecule has 0 radical (unpaired) electrons. The van der Waals surface area contributed by atoms with Crippen LogP contribution in [0.4, 0.5) is 5.69 Å². The molecule has 3 rings (SSSR count). The molecule has 2 aromatic rings. The van der Waals surface area contributed by atoms with Gasteiger partial charge in [0.2, 0.25) is 5.91 Å². The minimum atomic E-state index is -0.0522. The van der Waals surface area contributed by atoms with Crippen LogP contribution in [0.2, 0.25) is 5.02 Å². The molecular formula is C19H23Cl2N3O. The van der Waals surface area contributed by atoms with Crippen molar-refractivity contribution in [3.63, 3.8) is 0 Å². The molecule has 134 valence electrons. The van der Waals surface area contributed by atoms with E-state index in [4.69, 9.17) is 11.6 Å². The number of benzene rings is 2. The Morgan fingerprint density at radius 2 is 1.96 bits per heavy atom. The molecule has 0 saturated carbocycles. The molecule has 2 N–H and O–H groups in total. The van der Waals surface area contributed by atoms with Gasteiger partial charge in [-0.1, -0.05) is 41.9 Å². The van der Waals surface area contributed by atoms with E-state index >= 15 is 0 Å². The van der Waals surface area contributed by atoms with E-state index < -0.39 is 0 Å². The second kappa shape index (κ2) is 9.20. The molecule has 1 fully saturated rings. The Labute approximate surface area is 160 Å². The highest BCUT2D eigenvalue weighted by molar-refractivity contribution is 6.31. The fraction of sp³-hybridized carbons (Fsp3) is 0.316. The van der Waals surface area contributed by atoms with Gasteiger partial charge in [0.1, 0.15) is 0 Å². The lowest BCUT2D eigenvalue weighted by atomic mass is 10.0. The SMILES string of the molecule is CC(=O)Nc1ccc(CN2CCNCC2c2ccccc2Cl)cc1.Cl. The number of piperazine rings is 1. The molecule has 4 nitrogen and oxygen atoms in total. The third-order valence-corrected chi connectivity index (χ3v) is 4.62. The van der Waals surface area contributed by atoms with Crippen LogP contribution in [0.5, 0.6) is 0 Å². The monoisotopic (exact) mass is 379 g/mol. The second-order valence-electron chi connectivity index (χ2n) is 6.09. The van der Waals surface area contributed by atoms with E-state index in [-0.39, 0.29) is 24.4 Å². The second-order valence-corrected chi connectivity index (χ2v) is 6.50. The summed E-state index contributed by atoms with van der Waals surface area (Å²) in [6, 6.07) is 16.4. The Kier molecular flexibility index (Phi) is 7.26. The van der Waals surface area contributed by atoms with Gasteiger partial charge in [-0.25, -0.2) is 0 Å². The van der Waals surface area contributed by atoms with Gasteiger partial charge in [0.25, 0.3) is 0 Å². The maximum atomic E-state index is 11.1. The fourth-order valence-electron chi connectivity index (χ4n) is 3.12. The summed E-state index contributed by atoms with van der Waals surface area (Å²) in [5, 5.41) is 7.07. The minimum absolute atomic E-state index is 0. The van der Waals surface area contributed by atoms with Crippen molar-refractivity contribution in [3.05, 3.63) is 64.7 Å². The smallest absolute Gasteiger partial charge is 0.221 e. The van der Waals surface area contributed by atoms with E-state index in [1.54, 1.807) is 0 Å².